The number of hydrogen-bond donors (Lipinski definition) is 5. The van der Waals surface area contributed by atoms with E-state index in [0.29, 0.717) is 0 Å². The van der Waals surface area contributed by atoms with Crippen LogP contribution in [0.4, 0.5) is 0 Å². The van der Waals surface area contributed by atoms with E-state index in [1.807, 2.05) is 0 Å². The topological polar surface area (TPSA) is 224 Å². The Morgan fingerprint density at radius 2 is 1.66 bits per heavy atom. The minimum Gasteiger partial charge on any atom is -0.507 e. The van der Waals surface area contributed by atoms with Gasteiger partial charge in [0.1, 0.15) is 29.0 Å². The van der Waals surface area contributed by atoms with Crippen molar-refractivity contribution < 1.29 is 68.1 Å². The van der Waals surface area contributed by atoms with E-state index in [1.165, 1.54) is 32.2 Å². The van der Waals surface area contributed by atoms with Crippen molar-refractivity contribution in [1.82, 2.24) is 5.32 Å². The first-order valence-electron chi connectivity index (χ1n) is 16.1. The Morgan fingerprint density at radius 3 is 2.26 bits per heavy atom. The summed E-state index contributed by atoms with van der Waals surface area (Å²) in [5, 5.41) is 48.5. The second-order valence-corrected chi connectivity index (χ2v) is 12.2. The fraction of sp³-hybridized carbons (Fsp3) is 0.457. The molecule has 268 valence electrons. The number of phenols is 2. The summed E-state index contributed by atoms with van der Waals surface area (Å²) >= 11 is 0. The molecule has 15 nitrogen and oxygen atoms in total. The normalized spacial score (nSPS) is 25.4. The maximum Gasteiger partial charge on any atom is 0.347 e. The van der Waals surface area contributed by atoms with Gasteiger partial charge in [-0.2, -0.15) is 0 Å². The number of Topliss-reactive ketones (excluding diaryl/α,β-unsaturated/α-hetero) is 1. The van der Waals surface area contributed by atoms with Gasteiger partial charge in [-0.25, -0.2) is 9.59 Å². The molecule has 0 bridgehead atoms. The molecule has 50 heavy (non-hydrogen) atoms. The molecule has 5 unspecified atom stereocenters. The minimum atomic E-state index is -2.12. The van der Waals surface area contributed by atoms with Crippen LogP contribution in [0.2, 0.25) is 0 Å². The number of methoxy groups -OCH3 is 1. The minimum absolute atomic E-state index is 0.0106. The maximum atomic E-state index is 13.9. The number of carbonyl (C=O) groups excluding carboxylic acids is 5. The van der Waals surface area contributed by atoms with Crippen LogP contribution >= 0.6 is 0 Å². The second-order valence-electron chi connectivity index (χ2n) is 12.2. The van der Waals surface area contributed by atoms with Gasteiger partial charge < -0.3 is 49.4 Å². The predicted octanol–water partition coefficient (Wildman–Crippen LogP) is 1.67. The molecule has 15 heteroatoms. The number of aliphatic hydroxyl groups excluding tert-OH is 1. The molecule has 2 aromatic rings. The van der Waals surface area contributed by atoms with Gasteiger partial charge >= 0.3 is 11.9 Å². The van der Waals surface area contributed by atoms with Crippen molar-refractivity contribution in [3.63, 3.8) is 0 Å². The van der Waals surface area contributed by atoms with Crippen LogP contribution in [0, 0.1) is 0 Å². The molecule has 2 aliphatic carbocycles. The fourth-order valence-electron chi connectivity index (χ4n) is 6.60. The molecule has 0 radical (unpaired) electrons. The third-order valence-corrected chi connectivity index (χ3v) is 9.19. The Kier molecular flexibility index (Phi) is 10.3. The quantitative estimate of drug-likeness (QED) is 0.0668. The Bertz CT molecular complexity index is 1760. The highest BCUT2D eigenvalue weighted by Crippen LogP contribution is 2.52. The average molecular weight is 698 g/mol. The Labute approximate surface area is 286 Å². The molecule has 0 aromatic heterocycles. The first-order chi connectivity index (χ1) is 23.7. The van der Waals surface area contributed by atoms with Crippen molar-refractivity contribution in [1.29, 1.82) is 0 Å². The predicted molar refractivity (Wildman–Crippen MR) is 171 cm³/mol. The molecule has 1 aliphatic heterocycles. The van der Waals surface area contributed by atoms with E-state index < -0.39 is 107 Å². The number of fused-ring (bicyclic) bond motifs is 3. The highest BCUT2D eigenvalue weighted by atomic mass is 16.7. The number of ether oxygens (including phenoxy) is 5. The molecule has 1 saturated heterocycles. The Morgan fingerprint density at radius 1 is 1.02 bits per heavy atom. The van der Waals surface area contributed by atoms with Crippen LogP contribution < -0.4 is 10.1 Å². The van der Waals surface area contributed by atoms with Gasteiger partial charge in [-0.1, -0.05) is 12.1 Å². The number of rotatable bonds is 10. The Hall–Kier alpha value is -4.83. The van der Waals surface area contributed by atoms with Crippen molar-refractivity contribution in [3.05, 3.63) is 63.4 Å². The van der Waals surface area contributed by atoms with E-state index in [9.17, 15) is 44.4 Å². The fourth-order valence-corrected chi connectivity index (χ4v) is 6.60. The van der Waals surface area contributed by atoms with Crippen LogP contribution in [-0.4, -0.2) is 100 Å². The lowest BCUT2D eigenvalue weighted by molar-refractivity contribution is -0.249. The van der Waals surface area contributed by atoms with E-state index in [0.717, 1.165) is 13.1 Å². The number of aliphatic hydroxyl groups is 2. The summed E-state index contributed by atoms with van der Waals surface area (Å²) in [6.07, 6.45) is -4.70. The maximum absolute atomic E-state index is 13.9. The van der Waals surface area contributed by atoms with Gasteiger partial charge in [0, 0.05) is 42.2 Å². The average Bonchev–Trinajstić information content (AvgIpc) is 3.06. The van der Waals surface area contributed by atoms with E-state index in [-0.39, 0.29) is 47.6 Å². The monoisotopic (exact) mass is 697 g/mol. The zero-order valence-corrected chi connectivity index (χ0v) is 28.1. The summed E-state index contributed by atoms with van der Waals surface area (Å²) in [5.74, 6) is -5.46. The van der Waals surface area contributed by atoms with Crippen LogP contribution in [-0.2, 0) is 39.8 Å². The second kappa shape index (κ2) is 14.2. The summed E-state index contributed by atoms with van der Waals surface area (Å²) in [4.78, 5) is 65.2. The first kappa shape index (κ1) is 36.5. The van der Waals surface area contributed by atoms with Gasteiger partial charge in [0.15, 0.2) is 23.4 Å². The molecule has 0 spiro atoms. The summed E-state index contributed by atoms with van der Waals surface area (Å²) in [6.45, 7) is 5.78. The van der Waals surface area contributed by atoms with Crippen LogP contribution in [0.3, 0.4) is 0 Å². The van der Waals surface area contributed by atoms with E-state index in [1.54, 1.807) is 13.8 Å². The van der Waals surface area contributed by atoms with Crippen LogP contribution in [0.15, 0.2) is 30.0 Å². The highest BCUT2D eigenvalue weighted by molar-refractivity contribution is 6.31. The molecule has 5 N–H and O–H groups in total. The number of nitrogens with one attached hydrogen (secondary N) is 1. The van der Waals surface area contributed by atoms with Gasteiger partial charge in [-0.3, -0.25) is 14.4 Å². The third-order valence-electron chi connectivity index (χ3n) is 9.19. The molecule has 2 aromatic carbocycles. The van der Waals surface area contributed by atoms with Crippen molar-refractivity contribution in [2.24, 2.45) is 0 Å². The van der Waals surface area contributed by atoms with Gasteiger partial charge in [0.25, 0.3) is 0 Å². The summed E-state index contributed by atoms with van der Waals surface area (Å²) in [5.41, 5.74) is -4.02. The number of phenolic OH excluding ortho intramolecular Hbond substituents is 2. The molecule has 1 fully saturated rings. The van der Waals surface area contributed by atoms with Crippen LogP contribution in [0.1, 0.15) is 89.6 Å². The molecular weight excluding hydrogens is 658 g/mol. The molecule has 5 rings (SSSR count). The van der Waals surface area contributed by atoms with Gasteiger partial charge in [-0.05, 0) is 33.8 Å². The summed E-state index contributed by atoms with van der Waals surface area (Å²) < 4.78 is 27.4. The number of hydrogen-bond acceptors (Lipinski definition) is 15. The standard InChI is InChI=1S/C35H39NO14/c1-6-47-33(43)19(34(44)48-7-2)14-36-20-11-23(49-15(3)28(20)38)50-22-13-35(45,16(4)37)12-18-25(22)32(42)27-26(30(18)40)29(39)17-9-8-10-21(46-5)24(17)31(27)41/h8-10,14-15,20,22-23,28,36,38,40,42,45H,6-7,11-13H2,1-5H3/t15?,20?,22?,23?,28?,35-/m0/s1. The van der Waals surface area contributed by atoms with Crippen molar-refractivity contribution in [2.75, 3.05) is 20.3 Å². The van der Waals surface area contributed by atoms with E-state index in [4.69, 9.17) is 23.7 Å². The number of aromatic hydroxyl groups is 2. The largest absolute Gasteiger partial charge is 0.507 e. The number of ketones is 3. The summed E-state index contributed by atoms with van der Waals surface area (Å²) in [6, 6.07) is 3.45. The molecule has 6 atom stereocenters. The summed E-state index contributed by atoms with van der Waals surface area (Å²) in [7, 11) is 1.31. The van der Waals surface area contributed by atoms with Gasteiger partial charge in [0.05, 0.1) is 55.3 Å². The van der Waals surface area contributed by atoms with Crippen molar-refractivity contribution in [2.45, 2.75) is 83.2 Å². The van der Waals surface area contributed by atoms with Gasteiger partial charge in [0.2, 0.25) is 5.78 Å². The molecule has 0 saturated carbocycles. The zero-order chi connectivity index (χ0) is 36.7. The third kappa shape index (κ3) is 6.33. The lowest BCUT2D eigenvalue weighted by atomic mass is 9.72. The van der Waals surface area contributed by atoms with Crippen molar-refractivity contribution in [3.8, 4) is 17.2 Å². The van der Waals surface area contributed by atoms with E-state index in [2.05, 4.69) is 5.32 Å². The number of esters is 2. The first-order valence-corrected chi connectivity index (χ1v) is 16.1. The molecule has 1 heterocycles. The lowest BCUT2D eigenvalue weighted by Crippen LogP contribution is -2.53. The van der Waals surface area contributed by atoms with Crippen LogP contribution in [0.5, 0.6) is 17.2 Å². The van der Waals surface area contributed by atoms with Crippen LogP contribution in [0.25, 0.3) is 0 Å². The molecular formula is C35H39NO14. The number of carbonyl (C=O) groups is 5. The lowest BCUT2D eigenvalue weighted by Gasteiger charge is -2.42. The van der Waals surface area contributed by atoms with Gasteiger partial charge in [-0.15, -0.1) is 0 Å². The highest BCUT2D eigenvalue weighted by Gasteiger charge is 2.49. The zero-order valence-electron chi connectivity index (χ0n) is 28.1. The SMILES string of the molecule is CCOC(=O)C(=CNC1CC(OC2C[C@](O)(C(C)=O)Cc3c(O)c4c(c(O)c32)C(=O)c2c(OC)cccc2C4=O)OC(C)C1O)C(=O)OCC. The Balaban J connectivity index is 1.54. The van der Waals surface area contributed by atoms with E-state index >= 15 is 0 Å². The molecule has 3 aliphatic rings. The smallest absolute Gasteiger partial charge is 0.347 e. The number of benzene rings is 2. The van der Waals surface area contributed by atoms with Crippen molar-refractivity contribution >= 4 is 29.3 Å². The molecule has 0 amide bonds.